The fourth-order valence-electron chi connectivity index (χ4n) is 3.30. The lowest BCUT2D eigenvalue weighted by atomic mass is 10.0. The van der Waals surface area contributed by atoms with Gasteiger partial charge in [0.05, 0.1) is 30.0 Å². The van der Waals surface area contributed by atoms with Crippen molar-refractivity contribution in [3.8, 4) is 6.07 Å². The molecule has 1 aliphatic rings. The highest BCUT2D eigenvalue weighted by Crippen LogP contribution is 2.26. The van der Waals surface area contributed by atoms with Crippen molar-refractivity contribution in [3.05, 3.63) is 53.3 Å². The first-order valence-electron chi connectivity index (χ1n) is 7.94. The van der Waals surface area contributed by atoms with Crippen LogP contribution in [0, 0.1) is 11.3 Å². The molecule has 2 atom stereocenters. The first-order chi connectivity index (χ1) is 11.6. The van der Waals surface area contributed by atoms with Gasteiger partial charge in [-0.05, 0) is 36.6 Å². The second kappa shape index (κ2) is 6.85. The molecule has 0 N–H and O–H groups in total. The lowest BCUT2D eigenvalue weighted by Gasteiger charge is -2.27. The van der Waals surface area contributed by atoms with E-state index in [4.69, 9.17) is 10.00 Å². The van der Waals surface area contributed by atoms with Crippen molar-refractivity contribution in [2.24, 2.45) is 7.05 Å². The van der Waals surface area contributed by atoms with E-state index in [0.29, 0.717) is 24.1 Å². The fourth-order valence-corrected chi connectivity index (χ4v) is 3.30. The highest BCUT2D eigenvalue weighted by atomic mass is 16.5. The molecule has 2 aromatic rings. The van der Waals surface area contributed by atoms with E-state index < -0.39 is 0 Å². The van der Waals surface area contributed by atoms with Gasteiger partial charge in [0.2, 0.25) is 0 Å². The van der Waals surface area contributed by atoms with Gasteiger partial charge in [0.15, 0.2) is 0 Å². The van der Waals surface area contributed by atoms with Gasteiger partial charge in [-0.25, -0.2) is 0 Å². The van der Waals surface area contributed by atoms with Crippen LogP contribution >= 0.6 is 0 Å². The number of hydrogen-bond donors (Lipinski definition) is 0. The molecule has 1 aromatic carbocycles. The van der Waals surface area contributed by atoms with Gasteiger partial charge in [-0.2, -0.15) is 10.4 Å². The van der Waals surface area contributed by atoms with Gasteiger partial charge in [-0.15, -0.1) is 0 Å². The van der Waals surface area contributed by atoms with E-state index in [0.717, 1.165) is 12.0 Å². The van der Waals surface area contributed by atoms with E-state index in [9.17, 15) is 4.79 Å². The standard InChI is InChI=1S/C18H20N4O2/c1-21-12-14(11-20-21)9-16-17(24-2)6-7-22(16)18(23)15-5-3-4-13(8-15)10-19/h3-5,8,11-12,16-17H,6-7,9H2,1-2H3/t16-,17+/m1/s1. The Labute approximate surface area is 141 Å². The smallest absolute Gasteiger partial charge is 0.254 e. The molecule has 124 valence electrons. The number of aryl methyl sites for hydroxylation is 1. The van der Waals surface area contributed by atoms with Crippen LogP contribution in [0.5, 0.6) is 0 Å². The molecule has 2 heterocycles. The number of rotatable bonds is 4. The molecule has 1 amide bonds. The molecule has 0 unspecified atom stereocenters. The van der Waals surface area contributed by atoms with Gasteiger partial charge in [-0.3, -0.25) is 9.48 Å². The highest BCUT2D eigenvalue weighted by molar-refractivity contribution is 5.95. The molecule has 6 heteroatoms. The predicted octanol–water partition coefficient (Wildman–Crippen LogP) is 1.76. The Morgan fingerprint density at radius 2 is 2.33 bits per heavy atom. The topological polar surface area (TPSA) is 71.2 Å². The van der Waals surface area contributed by atoms with Crippen molar-refractivity contribution in [2.75, 3.05) is 13.7 Å². The molecular weight excluding hydrogens is 304 g/mol. The molecule has 1 saturated heterocycles. The molecule has 1 aromatic heterocycles. The summed E-state index contributed by atoms with van der Waals surface area (Å²) >= 11 is 0. The Bertz CT molecular complexity index is 777. The second-order valence-corrected chi connectivity index (χ2v) is 6.05. The lowest BCUT2D eigenvalue weighted by molar-refractivity contribution is 0.0508. The van der Waals surface area contributed by atoms with E-state index >= 15 is 0 Å². The van der Waals surface area contributed by atoms with Crippen molar-refractivity contribution in [1.82, 2.24) is 14.7 Å². The molecule has 24 heavy (non-hydrogen) atoms. The zero-order valence-corrected chi connectivity index (χ0v) is 13.8. The Morgan fingerprint density at radius 1 is 1.50 bits per heavy atom. The summed E-state index contributed by atoms with van der Waals surface area (Å²) < 4.78 is 7.35. The minimum Gasteiger partial charge on any atom is -0.379 e. The molecule has 0 spiro atoms. The van der Waals surface area contributed by atoms with Gasteiger partial charge in [0, 0.05) is 32.5 Å². The van der Waals surface area contributed by atoms with Crippen molar-refractivity contribution in [2.45, 2.75) is 25.0 Å². The molecule has 3 rings (SSSR count). The maximum Gasteiger partial charge on any atom is 0.254 e. The van der Waals surface area contributed by atoms with Crippen molar-refractivity contribution >= 4 is 5.91 Å². The third-order valence-corrected chi connectivity index (χ3v) is 4.49. The quantitative estimate of drug-likeness (QED) is 0.859. The van der Waals surface area contributed by atoms with E-state index in [1.807, 2.05) is 24.3 Å². The number of likely N-dealkylation sites (tertiary alicyclic amines) is 1. The van der Waals surface area contributed by atoms with Crippen molar-refractivity contribution < 1.29 is 9.53 Å². The summed E-state index contributed by atoms with van der Waals surface area (Å²) in [4.78, 5) is 14.8. The third-order valence-electron chi connectivity index (χ3n) is 4.49. The molecule has 0 radical (unpaired) electrons. The van der Waals surface area contributed by atoms with Crippen LogP contribution in [0.2, 0.25) is 0 Å². The number of carbonyl (C=O) groups is 1. The van der Waals surface area contributed by atoms with Gasteiger partial charge < -0.3 is 9.64 Å². The number of carbonyl (C=O) groups excluding carboxylic acids is 1. The predicted molar refractivity (Wildman–Crippen MR) is 88.3 cm³/mol. The number of aromatic nitrogens is 2. The van der Waals surface area contributed by atoms with E-state index in [1.54, 1.807) is 36.1 Å². The summed E-state index contributed by atoms with van der Waals surface area (Å²) in [5, 5.41) is 13.2. The molecule has 0 aliphatic carbocycles. The van der Waals surface area contributed by atoms with Crippen LogP contribution in [0.15, 0.2) is 36.7 Å². The Balaban J connectivity index is 1.84. The van der Waals surface area contributed by atoms with Crippen molar-refractivity contribution in [1.29, 1.82) is 5.26 Å². The number of ether oxygens (including phenoxy) is 1. The monoisotopic (exact) mass is 324 g/mol. The average molecular weight is 324 g/mol. The number of nitriles is 1. The summed E-state index contributed by atoms with van der Waals surface area (Å²) in [6, 6.07) is 8.89. The number of methoxy groups -OCH3 is 1. The summed E-state index contributed by atoms with van der Waals surface area (Å²) in [5.74, 6) is -0.0551. The van der Waals surface area contributed by atoms with Crippen molar-refractivity contribution in [3.63, 3.8) is 0 Å². The molecule has 0 bridgehead atoms. The first kappa shape index (κ1) is 16.2. The van der Waals surface area contributed by atoms with Gasteiger partial charge >= 0.3 is 0 Å². The molecule has 1 fully saturated rings. The maximum absolute atomic E-state index is 12.9. The Morgan fingerprint density at radius 3 is 3.00 bits per heavy atom. The summed E-state index contributed by atoms with van der Waals surface area (Å²) in [6.45, 7) is 0.652. The average Bonchev–Trinajstić information content (AvgIpc) is 3.20. The summed E-state index contributed by atoms with van der Waals surface area (Å²) in [7, 11) is 3.56. The largest absolute Gasteiger partial charge is 0.379 e. The van der Waals surface area contributed by atoms with Crippen LogP contribution in [0.25, 0.3) is 0 Å². The third kappa shape index (κ3) is 3.17. The molecule has 0 saturated carbocycles. The zero-order valence-electron chi connectivity index (χ0n) is 13.8. The van der Waals surface area contributed by atoms with Crippen LogP contribution in [0.1, 0.15) is 27.9 Å². The molecule has 6 nitrogen and oxygen atoms in total. The zero-order chi connectivity index (χ0) is 17.1. The van der Waals surface area contributed by atoms with Gasteiger partial charge in [-0.1, -0.05) is 6.07 Å². The van der Waals surface area contributed by atoms with Gasteiger partial charge in [0.1, 0.15) is 0 Å². The summed E-state index contributed by atoms with van der Waals surface area (Å²) in [6.07, 6.45) is 5.31. The lowest BCUT2D eigenvalue weighted by Crippen LogP contribution is -2.41. The normalized spacial score (nSPS) is 20.1. The molecule has 1 aliphatic heterocycles. The second-order valence-electron chi connectivity index (χ2n) is 6.05. The van der Waals surface area contributed by atoms with Gasteiger partial charge in [0.25, 0.3) is 5.91 Å². The Hall–Kier alpha value is -2.65. The van der Waals surface area contributed by atoms with E-state index in [2.05, 4.69) is 11.2 Å². The van der Waals surface area contributed by atoms with Crippen LogP contribution in [-0.2, 0) is 18.2 Å². The van der Waals surface area contributed by atoms with Crippen LogP contribution < -0.4 is 0 Å². The Kier molecular flexibility index (Phi) is 4.63. The van der Waals surface area contributed by atoms with Crippen LogP contribution in [-0.4, -0.2) is 46.4 Å². The highest BCUT2D eigenvalue weighted by Gasteiger charge is 2.37. The first-order valence-corrected chi connectivity index (χ1v) is 7.94. The minimum absolute atomic E-state index is 0.00769. The van der Waals surface area contributed by atoms with Crippen LogP contribution in [0.3, 0.4) is 0 Å². The minimum atomic E-state index is -0.0551. The summed E-state index contributed by atoms with van der Waals surface area (Å²) in [5.41, 5.74) is 2.11. The number of benzene rings is 1. The SMILES string of the molecule is CO[C@H]1CCN(C(=O)c2cccc(C#N)c2)[C@@H]1Cc1cnn(C)c1. The number of hydrogen-bond acceptors (Lipinski definition) is 4. The maximum atomic E-state index is 12.9. The fraction of sp³-hybridized carbons (Fsp3) is 0.389. The van der Waals surface area contributed by atoms with E-state index in [1.165, 1.54) is 0 Å². The molecular formula is C18H20N4O2. The van der Waals surface area contributed by atoms with E-state index in [-0.39, 0.29) is 18.1 Å². The number of amides is 1. The van der Waals surface area contributed by atoms with Crippen LogP contribution in [0.4, 0.5) is 0 Å². The number of nitrogens with zero attached hydrogens (tertiary/aromatic N) is 4.